The molecule has 0 aromatic carbocycles. The van der Waals surface area contributed by atoms with Gasteiger partial charge in [0.15, 0.2) is 0 Å². The zero-order valence-electron chi connectivity index (χ0n) is 10.9. The predicted molar refractivity (Wildman–Crippen MR) is 67.1 cm³/mol. The fourth-order valence-corrected chi connectivity index (χ4v) is 2.13. The summed E-state index contributed by atoms with van der Waals surface area (Å²) in [4.78, 5) is 2.65. The molecular weight excluding hydrogens is 184 g/mol. The molecule has 0 aromatic heterocycles. The summed E-state index contributed by atoms with van der Waals surface area (Å²) in [6, 6.07) is 0.715. The first-order valence-electron chi connectivity index (χ1n) is 6.59. The third-order valence-electron chi connectivity index (χ3n) is 3.74. The first-order chi connectivity index (χ1) is 7.13. The van der Waals surface area contributed by atoms with E-state index in [-0.39, 0.29) is 0 Å². The molecule has 1 fully saturated rings. The van der Waals surface area contributed by atoms with E-state index in [2.05, 4.69) is 37.9 Å². The molecule has 0 bridgehead atoms. The average molecular weight is 212 g/mol. The molecule has 2 unspecified atom stereocenters. The van der Waals surface area contributed by atoms with Crippen molar-refractivity contribution in [2.75, 3.05) is 26.2 Å². The Morgan fingerprint density at radius 1 is 1.33 bits per heavy atom. The highest BCUT2D eigenvalue weighted by atomic mass is 15.2. The Morgan fingerprint density at radius 3 is 2.67 bits per heavy atom. The van der Waals surface area contributed by atoms with Crippen LogP contribution in [0.3, 0.4) is 0 Å². The van der Waals surface area contributed by atoms with Gasteiger partial charge in [-0.2, -0.15) is 0 Å². The van der Waals surface area contributed by atoms with Crippen LogP contribution >= 0.6 is 0 Å². The molecule has 1 aliphatic rings. The molecule has 1 heterocycles. The molecule has 1 saturated heterocycles. The SMILES string of the molecule is CCC1CN(CC(C)C(C)C)CCCN1. The molecule has 1 aliphatic heterocycles. The summed E-state index contributed by atoms with van der Waals surface area (Å²) in [6.07, 6.45) is 2.56. The molecule has 0 radical (unpaired) electrons. The summed E-state index contributed by atoms with van der Waals surface area (Å²) >= 11 is 0. The maximum Gasteiger partial charge on any atom is 0.0192 e. The largest absolute Gasteiger partial charge is 0.313 e. The van der Waals surface area contributed by atoms with Gasteiger partial charge in [0.05, 0.1) is 0 Å². The molecule has 2 atom stereocenters. The highest BCUT2D eigenvalue weighted by molar-refractivity contribution is 4.76. The van der Waals surface area contributed by atoms with Crippen LogP contribution in [0.1, 0.15) is 40.5 Å². The van der Waals surface area contributed by atoms with Gasteiger partial charge in [-0.3, -0.25) is 0 Å². The van der Waals surface area contributed by atoms with Gasteiger partial charge in [-0.05, 0) is 37.8 Å². The second-order valence-corrected chi connectivity index (χ2v) is 5.39. The Morgan fingerprint density at radius 2 is 2.07 bits per heavy atom. The summed E-state index contributed by atoms with van der Waals surface area (Å²) in [5.74, 6) is 1.63. The minimum Gasteiger partial charge on any atom is -0.313 e. The van der Waals surface area contributed by atoms with Gasteiger partial charge in [0.1, 0.15) is 0 Å². The van der Waals surface area contributed by atoms with E-state index in [1.165, 1.54) is 39.0 Å². The number of rotatable bonds is 4. The summed E-state index contributed by atoms with van der Waals surface area (Å²) in [6.45, 7) is 14.3. The summed E-state index contributed by atoms with van der Waals surface area (Å²) in [5, 5.41) is 3.62. The maximum absolute atomic E-state index is 3.62. The van der Waals surface area contributed by atoms with E-state index >= 15 is 0 Å². The van der Waals surface area contributed by atoms with Crippen LogP contribution in [-0.2, 0) is 0 Å². The highest BCUT2D eigenvalue weighted by Gasteiger charge is 2.18. The van der Waals surface area contributed by atoms with E-state index in [1.807, 2.05) is 0 Å². The topological polar surface area (TPSA) is 15.3 Å². The third-order valence-corrected chi connectivity index (χ3v) is 3.74. The van der Waals surface area contributed by atoms with Crippen molar-refractivity contribution in [3.8, 4) is 0 Å². The summed E-state index contributed by atoms with van der Waals surface area (Å²) in [5.41, 5.74) is 0. The van der Waals surface area contributed by atoms with Crippen molar-refractivity contribution in [2.45, 2.75) is 46.6 Å². The highest BCUT2D eigenvalue weighted by Crippen LogP contribution is 2.13. The van der Waals surface area contributed by atoms with E-state index < -0.39 is 0 Å². The third kappa shape index (κ3) is 4.52. The van der Waals surface area contributed by atoms with Crippen LogP contribution in [0.4, 0.5) is 0 Å². The molecule has 0 aromatic rings. The Kier molecular flexibility index (Phi) is 5.62. The first kappa shape index (κ1) is 13.0. The molecular formula is C13H28N2. The van der Waals surface area contributed by atoms with Gasteiger partial charge in [-0.25, -0.2) is 0 Å². The molecule has 1 rings (SSSR count). The van der Waals surface area contributed by atoms with E-state index in [4.69, 9.17) is 0 Å². The van der Waals surface area contributed by atoms with Crippen LogP contribution in [0.15, 0.2) is 0 Å². The molecule has 0 aliphatic carbocycles. The predicted octanol–water partition coefficient (Wildman–Crippen LogP) is 2.35. The monoisotopic (exact) mass is 212 g/mol. The second-order valence-electron chi connectivity index (χ2n) is 5.39. The normalized spacial score (nSPS) is 26.6. The standard InChI is InChI=1S/C13H28N2/c1-5-13-10-15(8-6-7-14-13)9-12(4)11(2)3/h11-14H,5-10H2,1-4H3. The van der Waals surface area contributed by atoms with Crippen LogP contribution in [0.2, 0.25) is 0 Å². The van der Waals surface area contributed by atoms with Crippen LogP contribution in [0, 0.1) is 11.8 Å². The second kappa shape index (κ2) is 6.49. The Hall–Kier alpha value is -0.0800. The molecule has 1 N–H and O–H groups in total. The molecule has 2 heteroatoms. The fraction of sp³-hybridized carbons (Fsp3) is 1.00. The van der Waals surface area contributed by atoms with Gasteiger partial charge < -0.3 is 10.2 Å². The smallest absolute Gasteiger partial charge is 0.0192 e. The molecule has 2 nitrogen and oxygen atoms in total. The molecule has 15 heavy (non-hydrogen) atoms. The zero-order chi connectivity index (χ0) is 11.3. The number of hydrogen-bond acceptors (Lipinski definition) is 2. The van der Waals surface area contributed by atoms with Crippen molar-refractivity contribution in [2.24, 2.45) is 11.8 Å². The zero-order valence-corrected chi connectivity index (χ0v) is 10.9. The van der Waals surface area contributed by atoms with Gasteiger partial charge in [0.25, 0.3) is 0 Å². The number of nitrogens with zero attached hydrogens (tertiary/aromatic N) is 1. The van der Waals surface area contributed by atoms with Gasteiger partial charge in [0, 0.05) is 19.1 Å². The first-order valence-corrected chi connectivity index (χ1v) is 6.59. The van der Waals surface area contributed by atoms with Crippen LogP contribution in [-0.4, -0.2) is 37.1 Å². The molecule has 90 valence electrons. The lowest BCUT2D eigenvalue weighted by molar-refractivity contribution is 0.207. The maximum atomic E-state index is 3.62. The summed E-state index contributed by atoms with van der Waals surface area (Å²) < 4.78 is 0. The van der Waals surface area contributed by atoms with E-state index in [0.29, 0.717) is 6.04 Å². The lowest BCUT2D eigenvalue weighted by Gasteiger charge is -2.28. The van der Waals surface area contributed by atoms with Crippen molar-refractivity contribution in [1.29, 1.82) is 0 Å². The van der Waals surface area contributed by atoms with Crippen molar-refractivity contribution in [3.63, 3.8) is 0 Å². The lowest BCUT2D eigenvalue weighted by atomic mass is 9.97. The average Bonchev–Trinajstić information content (AvgIpc) is 2.42. The van der Waals surface area contributed by atoms with Crippen LogP contribution in [0.25, 0.3) is 0 Å². The van der Waals surface area contributed by atoms with E-state index in [1.54, 1.807) is 0 Å². The van der Waals surface area contributed by atoms with Crippen molar-refractivity contribution < 1.29 is 0 Å². The minimum absolute atomic E-state index is 0.715. The molecule has 0 amide bonds. The molecule has 0 spiro atoms. The fourth-order valence-electron chi connectivity index (χ4n) is 2.13. The van der Waals surface area contributed by atoms with Crippen LogP contribution in [0.5, 0.6) is 0 Å². The molecule has 0 saturated carbocycles. The lowest BCUT2D eigenvalue weighted by Crippen LogP contribution is -2.39. The van der Waals surface area contributed by atoms with E-state index in [9.17, 15) is 0 Å². The van der Waals surface area contributed by atoms with Gasteiger partial charge in [-0.15, -0.1) is 0 Å². The minimum atomic E-state index is 0.715. The van der Waals surface area contributed by atoms with Crippen LogP contribution < -0.4 is 5.32 Å². The number of hydrogen-bond donors (Lipinski definition) is 1. The quantitative estimate of drug-likeness (QED) is 0.769. The Bertz CT molecular complexity index is 168. The van der Waals surface area contributed by atoms with Crippen molar-refractivity contribution in [3.05, 3.63) is 0 Å². The van der Waals surface area contributed by atoms with Crippen molar-refractivity contribution >= 4 is 0 Å². The van der Waals surface area contributed by atoms with Gasteiger partial charge in [-0.1, -0.05) is 27.7 Å². The van der Waals surface area contributed by atoms with E-state index in [0.717, 1.165) is 11.8 Å². The van der Waals surface area contributed by atoms with Crippen molar-refractivity contribution in [1.82, 2.24) is 10.2 Å². The van der Waals surface area contributed by atoms with Gasteiger partial charge in [0.2, 0.25) is 0 Å². The Balaban J connectivity index is 2.38. The summed E-state index contributed by atoms with van der Waals surface area (Å²) in [7, 11) is 0. The number of nitrogens with one attached hydrogen (secondary N) is 1. The Labute approximate surface area is 95.4 Å². The van der Waals surface area contributed by atoms with Gasteiger partial charge >= 0.3 is 0 Å².